The average Bonchev–Trinajstić information content (AvgIpc) is 2.51. The first-order valence-corrected chi connectivity index (χ1v) is 5.84. The zero-order chi connectivity index (χ0) is 10.9. The van der Waals surface area contributed by atoms with Crippen LogP contribution in [0.5, 0.6) is 0 Å². The molecular weight excluding hydrogens is 208 g/mol. The molecule has 2 unspecified atom stereocenters. The molecule has 1 aromatic heterocycles. The molecule has 2 rings (SSSR count). The predicted octanol–water partition coefficient (Wildman–Crippen LogP) is 2.80. The number of nitrogens with two attached hydrogens (primary N) is 1. The molecule has 2 atom stereocenters. The Morgan fingerprint density at radius 1 is 1.67 bits per heavy atom. The third-order valence-electron chi connectivity index (χ3n) is 3.29. The lowest BCUT2D eigenvalue weighted by molar-refractivity contribution is 0.419. The highest BCUT2D eigenvalue weighted by atomic mass is 35.5. The minimum atomic E-state index is -0.0512. The number of rotatable bonds is 2. The van der Waals surface area contributed by atoms with Gasteiger partial charge in [-0.2, -0.15) is 0 Å². The largest absolute Gasteiger partial charge is 0.325 e. The number of pyridine rings is 1. The summed E-state index contributed by atoms with van der Waals surface area (Å²) in [5.41, 5.74) is 7.45. The summed E-state index contributed by atoms with van der Waals surface area (Å²) >= 11 is 6.08. The Morgan fingerprint density at radius 2 is 2.47 bits per heavy atom. The van der Waals surface area contributed by atoms with Crippen molar-refractivity contribution in [2.45, 2.75) is 38.1 Å². The van der Waals surface area contributed by atoms with Crippen molar-refractivity contribution in [1.29, 1.82) is 0 Å². The highest BCUT2D eigenvalue weighted by molar-refractivity contribution is 6.31. The number of nitrogens with zero attached hydrogens (tertiary/aromatic N) is 1. The Morgan fingerprint density at radius 3 is 3.07 bits per heavy atom. The molecule has 3 heteroatoms. The van der Waals surface area contributed by atoms with E-state index >= 15 is 0 Å². The van der Waals surface area contributed by atoms with E-state index in [4.69, 9.17) is 17.3 Å². The van der Waals surface area contributed by atoms with Gasteiger partial charge in [0.25, 0.3) is 0 Å². The molecule has 0 aromatic carbocycles. The van der Waals surface area contributed by atoms with Gasteiger partial charge >= 0.3 is 0 Å². The Kier molecular flexibility index (Phi) is 2.98. The van der Waals surface area contributed by atoms with Gasteiger partial charge in [0.15, 0.2) is 0 Å². The molecule has 82 valence electrons. The quantitative estimate of drug-likeness (QED) is 0.839. The van der Waals surface area contributed by atoms with Crippen LogP contribution in [0.4, 0.5) is 0 Å². The van der Waals surface area contributed by atoms with E-state index in [0.717, 1.165) is 35.8 Å². The van der Waals surface area contributed by atoms with Gasteiger partial charge in [0, 0.05) is 17.9 Å². The van der Waals surface area contributed by atoms with Gasteiger partial charge in [0.1, 0.15) is 0 Å². The highest BCUT2D eigenvalue weighted by Gasteiger charge is 2.33. The molecule has 0 amide bonds. The molecule has 0 aliphatic heterocycles. The summed E-state index contributed by atoms with van der Waals surface area (Å²) in [6, 6.07) is 1.97. The third kappa shape index (κ3) is 2.50. The SMILES string of the molecule is CC1CCC(N)(Cc2ccncc2Cl)C1. The minimum Gasteiger partial charge on any atom is -0.325 e. The molecule has 1 fully saturated rings. The molecule has 15 heavy (non-hydrogen) atoms. The van der Waals surface area contributed by atoms with Crippen LogP contribution in [0.3, 0.4) is 0 Å². The first-order valence-electron chi connectivity index (χ1n) is 5.46. The van der Waals surface area contributed by atoms with Crippen molar-refractivity contribution in [3.63, 3.8) is 0 Å². The van der Waals surface area contributed by atoms with Crippen LogP contribution in [0.1, 0.15) is 31.7 Å². The van der Waals surface area contributed by atoms with Gasteiger partial charge in [-0.15, -0.1) is 0 Å². The predicted molar refractivity (Wildman–Crippen MR) is 62.9 cm³/mol. The zero-order valence-electron chi connectivity index (χ0n) is 9.04. The summed E-state index contributed by atoms with van der Waals surface area (Å²) in [7, 11) is 0. The molecule has 1 aliphatic rings. The summed E-state index contributed by atoms with van der Waals surface area (Å²) in [4.78, 5) is 3.98. The van der Waals surface area contributed by atoms with E-state index in [-0.39, 0.29) is 5.54 Å². The zero-order valence-corrected chi connectivity index (χ0v) is 9.80. The maximum absolute atomic E-state index is 6.37. The highest BCUT2D eigenvalue weighted by Crippen LogP contribution is 2.35. The summed E-state index contributed by atoms with van der Waals surface area (Å²) in [6.45, 7) is 2.27. The maximum Gasteiger partial charge on any atom is 0.0621 e. The van der Waals surface area contributed by atoms with Crippen molar-refractivity contribution >= 4 is 11.6 Å². The summed E-state index contributed by atoms with van der Waals surface area (Å²) < 4.78 is 0. The Labute approximate surface area is 95.8 Å². The van der Waals surface area contributed by atoms with Crippen molar-refractivity contribution < 1.29 is 0 Å². The van der Waals surface area contributed by atoms with Gasteiger partial charge < -0.3 is 5.73 Å². The number of hydrogen-bond acceptors (Lipinski definition) is 2. The van der Waals surface area contributed by atoms with Crippen LogP contribution in [0.2, 0.25) is 5.02 Å². The van der Waals surface area contributed by atoms with Crippen molar-refractivity contribution in [3.05, 3.63) is 29.0 Å². The smallest absolute Gasteiger partial charge is 0.0621 e. The van der Waals surface area contributed by atoms with E-state index in [2.05, 4.69) is 11.9 Å². The second-order valence-electron chi connectivity index (χ2n) is 4.85. The van der Waals surface area contributed by atoms with Crippen LogP contribution in [-0.4, -0.2) is 10.5 Å². The Hall–Kier alpha value is -0.600. The second kappa shape index (κ2) is 4.11. The monoisotopic (exact) mass is 224 g/mol. The molecule has 1 heterocycles. The molecular formula is C12H17ClN2. The van der Waals surface area contributed by atoms with Crippen LogP contribution in [0.25, 0.3) is 0 Å². The molecule has 2 nitrogen and oxygen atoms in total. The summed E-state index contributed by atoms with van der Waals surface area (Å²) in [5, 5.41) is 0.738. The molecule has 0 radical (unpaired) electrons. The first kappa shape index (κ1) is 10.9. The maximum atomic E-state index is 6.37. The van der Waals surface area contributed by atoms with Crippen LogP contribution < -0.4 is 5.73 Å². The van der Waals surface area contributed by atoms with Crippen molar-refractivity contribution in [2.24, 2.45) is 11.7 Å². The van der Waals surface area contributed by atoms with E-state index in [1.165, 1.54) is 6.42 Å². The molecule has 0 saturated heterocycles. The minimum absolute atomic E-state index is 0.0512. The lowest BCUT2D eigenvalue weighted by Crippen LogP contribution is -2.39. The van der Waals surface area contributed by atoms with Crippen molar-refractivity contribution in [2.75, 3.05) is 0 Å². The molecule has 0 spiro atoms. The van der Waals surface area contributed by atoms with E-state index in [1.54, 1.807) is 12.4 Å². The molecule has 1 saturated carbocycles. The van der Waals surface area contributed by atoms with Crippen molar-refractivity contribution in [3.8, 4) is 0 Å². The average molecular weight is 225 g/mol. The third-order valence-corrected chi connectivity index (χ3v) is 3.63. The Balaban J connectivity index is 2.12. The van der Waals surface area contributed by atoms with Gasteiger partial charge in [-0.3, -0.25) is 4.98 Å². The number of hydrogen-bond donors (Lipinski definition) is 1. The van der Waals surface area contributed by atoms with E-state index in [9.17, 15) is 0 Å². The van der Waals surface area contributed by atoms with Gasteiger partial charge in [0.2, 0.25) is 0 Å². The first-order chi connectivity index (χ1) is 7.09. The topological polar surface area (TPSA) is 38.9 Å². The molecule has 1 aromatic rings. The van der Waals surface area contributed by atoms with Gasteiger partial charge in [-0.1, -0.05) is 18.5 Å². The molecule has 1 aliphatic carbocycles. The molecule has 2 N–H and O–H groups in total. The van der Waals surface area contributed by atoms with E-state index in [0.29, 0.717) is 0 Å². The standard InChI is InChI=1S/C12H17ClN2/c1-9-2-4-12(14,6-9)7-10-3-5-15-8-11(10)13/h3,5,8-9H,2,4,6-7,14H2,1H3. The van der Waals surface area contributed by atoms with Gasteiger partial charge in [-0.25, -0.2) is 0 Å². The van der Waals surface area contributed by atoms with Crippen LogP contribution >= 0.6 is 11.6 Å². The number of aromatic nitrogens is 1. The molecule has 0 bridgehead atoms. The lowest BCUT2D eigenvalue weighted by atomic mass is 9.90. The summed E-state index contributed by atoms with van der Waals surface area (Å²) in [5.74, 6) is 0.746. The second-order valence-corrected chi connectivity index (χ2v) is 5.26. The normalized spacial score (nSPS) is 30.7. The lowest BCUT2D eigenvalue weighted by Gasteiger charge is -2.24. The van der Waals surface area contributed by atoms with Crippen LogP contribution in [-0.2, 0) is 6.42 Å². The van der Waals surface area contributed by atoms with Crippen LogP contribution in [0, 0.1) is 5.92 Å². The Bertz CT molecular complexity index is 353. The van der Waals surface area contributed by atoms with Gasteiger partial charge in [-0.05, 0) is 43.2 Å². The number of halogens is 1. The summed E-state index contributed by atoms with van der Waals surface area (Å²) in [6.07, 6.45) is 7.79. The van der Waals surface area contributed by atoms with Gasteiger partial charge in [0.05, 0.1) is 5.02 Å². The van der Waals surface area contributed by atoms with E-state index < -0.39 is 0 Å². The fraction of sp³-hybridized carbons (Fsp3) is 0.583. The van der Waals surface area contributed by atoms with E-state index in [1.807, 2.05) is 6.07 Å². The van der Waals surface area contributed by atoms with Crippen molar-refractivity contribution in [1.82, 2.24) is 4.98 Å². The fourth-order valence-electron chi connectivity index (χ4n) is 2.52. The van der Waals surface area contributed by atoms with Crippen LogP contribution in [0.15, 0.2) is 18.5 Å². The fourth-order valence-corrected chi connectivity index (χ4v) is 2.71.